The minimum atomic E-state index is -0.200. The highest BCUT2D eigenvalue weighted by Gasteiger charge is 2.68. The van der Waals surface area contributed by atoms with E-state index in [1.54, 1.807) is 37.7 Å². The molecule has 2 aromatic rings. The predicted molar refractivity (Wildman–Crippen MR) is 113 cm³/mol. The highest BCUT2D eigenvalue weighted by atomic mass is 35.5. The van der Waals surface area contributed by atoms with E-state index in [0.717, 1.165) is 24.8 Å². The third kappa shape index (κ3) is 4.31. The van der Waals surface area contributed by atoms with E-state index in [1.807, 2.05) is 6.07 Å². The normalized spacial score (nSPS) is 23.8. The molecule has 0 unspecified atom stereocenters. The van der Waals surface area contributed by atoms with Gasteiger partial charge in [-0.2, -0.15) is 0 Å². The van der Waals surface area contributed by atoms with Gasteiger partial charge in [0.2, 0.25) is 0 Å². The number of aromatic nitrogens is 1. The molecule has 2 bridgehead atoms. The first-order chi connectivity index (χ1) is 14.3. The highest BCUT2D eigenvalue weighted by Crippen LogP contribution is 2.69. The molecule has 3 aliphatic rings. The Morgan fingerprint density at radius 3 is 2.60 bits per heavy atom. The number of hydrogen-bond donors (Lipinski definition) is 1. The third-order valence-corrected chi connectivity index (χ3v) is 6.51. The van der Waals surface area contributed by atoms with Crippen molar-refractivity contribution in [3.8, 4) is 5.75 Å². The van der Waals surface area contributed by atoms with Crippen molar-refractivity contribution in [2.45, 2.75) is 37.8 Å². The van der Waals surface area contributed by atoms with Crippen LogP contribution in [0.1, 0.15) is 41.6 Å². The number of ether oxygens (including phenoxy) is 2. The molecule has 1 heterocycles. The SMILES string of the molecule is COCc1cncc(C(=O)CC23CC(NC(=O)COc4ccc(Cl)c(Cl)c4)(C2)C3)c1. The Balaban J connectivity index is 1.24. The Kier molecular flexibility index (Phi) is 5.75. The maximum Gasteiger partial charge on any atom is 0.258 e. The number of benzene rings is 1. The van der Waals surface area contributed by atoms with Crippen LogP contribution >= 0.6 is 23.2 Å². The van der Waals surface area contributed by atoms with E-state index in [2.05, 4.69) is 10.3 Å². The van der Waals surface area contributed by atoms with Crippen LogP contribution in [0.4, 0.5) is 0 Å². The topological polar surface area (TPSA) is 77.5 Å². The molecule has 158 valence electrons. The van der Waals surface area contributed by atoms with Crippen molar-refractivity contribution in [1.82, 2.24) is 10.3 Å². The Bertz CT molecular complexity index is 975. The quantitative estimate of drug-likeness (QED) is 0.580. The second kappa shape index (κ2) is 8.17. The van der Waals surface area contributed by atoms with Crippen LogP contribution in [0, 0.1) is 5.41 Å². The molecule has 1 amide bonds. The minimum Gasteiger partial charge on any atom is -0.484 e. The lowest BCUT2D eigenvalue weighted by Gasteiger charge is -2.70. The van der Waals surface area contributed by atoms with Gasteiger partial charge in [-0.1, -0.05) is 23.2 Å². The van der Waals surface area contributed by atoms with Gasteiger partial charge in [-0.25, -0.2) is 0 Å². The lowest BCUT2D eigenvalue weighted by molar-refractivity contribution is -0.164. The van der Waals surface area contributed by atoms with Crippen molar-refractivity contribution in [1.29, 1.82) is 0 Å². The number of ketones is 1. The summed E-state index contributed by atoms with van der Waals surface area (Å²) >= 11 is 11.8. The molecule has 3 fully saturated rings. The summed E-state index contributed by atoms with van der Waals surface area (Å²) in [7, 11) is 1.61. The molecule has 3 saturated carbocycles. The molecule has 0 spiro atoms. The lowest BCUT2D eigenvalue weighted by Crippen LogP contribution is -2.75. The molecule has 0 saturated heterocycles. The summed E-state index contributed by atoms with van der Waals surface area (Å²) in [5, 5.41) is 3.87. The maximum absolute atomic E-state index is 12.7. The first-order valence-corrected chi connectivity index (χ1v) is 10.4. The predicted octanol–water partition coefficient (Wildman–Crippen LogP) is 4.23. The van der Waals surface area contributed by atoms with Crippen LogP contribution in [-0.4, -0.2) is 35.9 Å². The van der Waals surface area contributed by atoms with Gasteiger partial charge in [0.05, 0.1) is 16.7 Å². The summed E-state index contributed by atoms with van der Waals surface area (Å²) in [4.78, 5) is 29.1. The van der Waals surface area contributed by atoms with E-state index in [9.17, 15) is 9.59 Å². The monoisotopic (exact) mass is 448 g/mol. The molecule has 8 heteroatoms. The van der Waals surface area contributed by atoms with Crippen molar-refractivity contribution in [3.05, 3.63) is 57.8 Å². The summed E-state index contributed by atoms with van der Waals surface area (Å²) in [5.74, 6) is 0.392. The van der Waals surface area contributed by atoms with E-state index >= 15 is 0 Å². The summed E-state index contributed by atoms with van der Waals surface area (Å²) in [5.41, 5.74) is 1.29. The van der Waals surface area contributed by atoms with Gasteiger partial charge in [-0.05, 0) is 48.4 Å². The molecule has 30 heavy (non-hydrogen) atoms. The third-order valence-electron chi connectivity index (χ3n) is 5.77. The van der Waals surface area contributed by atoms with E-state index in [0.29, 0.717) is 34.4 Å². The Morgan fingerprint density at radius 2 is 1.90 bits per heavy atom. The van der Waals surface area contributed by atoms with Crippen LogP contribution in [0.15, 0.2) is 36.7 Å². The average molecular weight is 449 g/mol. The molecule has 1 N–H and O–H groups in total. The molecule has 1 aromatic heterocycles. The molecular weight excluding hydrogens is 427 g/mol. The number of carbonyl (C=O) groups is 2. The molecule has 5 rings (SSSR count). The van der Waals surface area contributed by atoms with Crippen molar-refractivity contribution >= 4 is 34.9 Å². The van der Waals surface area contributed by atoms with E-state index < -0.39 is 0 Å². The molecule has 0 aliphatic heterocycles. The van der Waals surface area contributed by atoms with Crippen molar-refractivity contribution < 1.29 is 19.1 Å². The summed E-state index contributed by atoms with van der Waals surface area (Å²) < 4.78 is 10.6. The number of halogens is 2. The van der Waals surface area contributed by atoms with Gasteiger partial charge in [0.25, 0.3) is 5.91 Å². The van der Waals surface area contributed by atoms with Crippen LogP contribution < -0.4 is 10.1 Å². The van der Waals surface area contributed by atoms with Crippen LogP contribution in [0.5, 0.6) is 5.75 Å². The van der Waals surface area contributed by atoms with Crippen molar-refractivity contribution in [3.63, 3.8) is 0 Å². The number of nitrogens with one attached hydrogen (secondary N) is 1. The molecule has 0 radical (unpaired) electrons. The smallest absolute Gasteiger partial charge is 0.258 e. The molecule has 3 aliphatic carbocycles. The number of methoxy groups -OCH3 is 1. The fourth-order valence-electron chi connectivity index (χ4n) is 4.69. The number of nitrogens with zero attached hydrogens (tertiary/aromatic N) is 1. The van der Waals surface area contributed by atoms with Gasteiger partial charge in [0, 0.05) is 43.1 Å². The second-order valence-electron chi connectivity index (χ2n) is 8.34. The van der Waals surface area contributed by atoms with Gasteiger partial charge < -0.3 is 14.8 Å². The molecular formula is C22H22Cl2N2O4. The molecule has 0 atom stereocenters. The van der Waals surface area contributed by atoms with Gasteiger partial charge in [-0.3, -0.25) is 14.6 Å². The van der Waals surface area contributed by atoms with Crippen LogP contribution in [0.25, 0.3) is 0 Å². The van der Waals surface area contributed by atoms with Crippen molar-refractivity contribution in [2.24, 2.45) is 5.41 Å². The van der Waals surface area contributed by atoms with Crippen LogP contribution in [0.3, 0.4) is 0 Å². The average Bonchev–Trinajstić information content (AvgIpc) is 2.66. The van der Waals surface area contributed by atoms with E-state index in [4.69, 9.17) is 32.7 Å². The zero-order valence-electron chi connectivity index (χ0n) is 16.5. The summed E-state index contributed by atoms with van der Waals surface area (Å²) in [6, 6.07) is 6.70. The zero-order chi connectivity index (χ0) is 21.4. The fourth-order valence-corrected chi connectivity index (χ4v) is 4.98. The van der Waals surface area contributed by atoms with Gasteiger partial charge in [-0.15, -0.1) is 0 Å². The first kappa shape index (κ1) is 21.1. The van der Waals surface area contributed by atoms with Crippen LogP contribution in [0.2, 0.25) is 10.0 Å². The first-order valence-electron chi connectivity index (χ1n) is 9.67. The Morgan fingerprint density at radius 1 is 1.13 bits per heavy atom. The minimum absolute atomic E-state index is 0.00775. The highest BCUT2D eigenvalue weighted by molar-refractivity contribution is 6.42. The zero-order valence-corrected chi connectivity index (χ0v) is 18.1. The summed E-state index contributed by atoms with van der Waals surface area (Å²) in [6.07, 6.45) is 6.22. The number of pyridine rings is 1. The number of carbonyl (C=O) groups excluding carboxylic acids is 2. The van der Waals surface area contributed by atoms with E-state index in [-0.39, 0.29) is 29.3 Å². The second-order valence-corrected chi connectivity index (χ2v) is 9.15. The largest absolute Gasteiger partial charge is 0.484 e. The number of rotatable bonds is 9. The molecule has 6 nitrogen and oxygen atoms in total. The standard InChI is InChI=1S/C22H22Cl2N2O4/c1-29-9-14-4-15(8-25-7-14)19(27)6-21-11-22(12-21,13-21)26-20(28)10-30-16-2-3-17(23)18(24)5-16/h2-5,7-8H,6,9-13H2,1H3,(H,26,28). The fraction of sp³-hybridized carbons (Fsp3) is 0.409. The number of hydrogen-bond acceptors (Lipinski definition) is 5. The summed E-state index contributed by atoms with van der Waals surface area (Å²) in [6.45, 7) is 0.336. The number of amides is 1. The van der Waals surface area contributed by atoms with Crippen molar-refractivity contribution in [2.75, 3.05) is 13.7 Å². The van der Waals surface area contributed by atoms with Crippen LogP contribution in [-0.2, 0) is 16.1 Å². The van der Waals surface area contributed by atoms with Gasteiger partial charge in [0.1, 0.15) is 5.75 Å². The van der Waals surface area contributed by atoms with E-state index in [1.165, 1.54) is 0 Å². The Labute approximate surface area is 184 Å². The maximum atomic E-state index is 12.7. The lowest BCUT2D eigenvalue weighted by atomic mass is 9.38. The number of Topliss-reactive ketones (excluding diaryl/α,β-unsaturated/α-hetero) is 1. The Hall–Kier alpha value is -2.15. The van der Waals surface area contributed by atoms with Gasteiger partial charge in [0.15, 0.2) is 12.4 Å². The molecule has 1 aromatic carbocycles. The van der Waals surface area contributed by atoms with Gasteiger partial charge >= 0.3 is 0 Å².